The number of nitrogens with zero attached hydrogens (tertiary/aromatic N) is 2. The summed E-state index contributed by atoms with van der Waals surface area (Å²) in [5.74, 6) is 0.113. The second-order valence-corrected chi connectivity index (χ2v) is 10.6. The predicted octanol–water partition coefficient (Wildman–Crippen LogP) is 2.17. The minimum atomic E-state index is -3.74. The average molecular weight is 488 g/mol. The maximum Gasteiger partial charge on any atom is 0.246 e. The largest absolute Gasteiger partial charge is 0.495 e. The van der Waals surface area contributed by atoms with Gasteiger partial charge in [-0.2, -0.15) is 4.31 Å². The Morgan fingerprint density at radius 1 is 1.03 bits per heavy atom. The number of morpholine rings is 1. The first-order valence-electron chi connectivity index (χ1n) is 11.8. The van der Waals surface area contributed by atoms with Gasteiger partial charge in [0.1, 0.15) is 10.6 Å². The quantitative estimate of drug-likeness (QED) is 0.583. The summed E-state index contributed by atoms with van der Waals surface area (Å²) in [5.41, 5.74) is 2.96. The second-order valence-electron chi connectivity index (χ2n) is 8.71. The van der Waals surface area contributed by atoms with E-state index < -0.39 is 10.0 Å². The number of nitrogens with one attached hydrogen (secondary N) is 1. The summed E-state index contributed by atoms with van der Waals surface area (Å²) >= 11 is 0. The summed E-state index contributed by atoms with van der Waals surface area (Å²) in [6, 6.07) is 13.1. The number of likely N-dealkylation sites (tertiary alicyclic amines) is 1. The van der Waals surface area contributed by atoms with Crippen LogP contribution >= 0.6 is 0 Å². The van der Waals surface area contributed by atoms with Crippen LogP contribution in [0, 0.1) is 0 Å². The van der Waals surface area contributed by atoms with E-state index in [1.54, 1.807) is 18.2 Å². The third-order valence-corrected chi connectivity index (χ3v) is 8.29. The van der Waals surface area contributed by atoms with E-state index in [9.17, 15) is 13.2 Å². The van der Waals surface area contributed by atoms with Crippen LogP contribution in [-0.2, 0) is 39.1 Å². The Morgan fingerprint density at radius 2 is 1.74 bits per heavy atom. The number of rotatable bonds is 9. The monoisotopic (exact) mass is 487 g/mol. The molecule has 2 aromatic carbocycles. The van der Waals surface area contributed by atoms with Crippen molar-refractivity contribution >= 4 is 15.9 Å². The summed E-state index contributed by atoms with van der Waals surface area (Å²) < 4.78 is 38.4. The molecule has 0 bridgehead atoms. The fraction of sp³-hybridized carbons (Fsp3) is 0.480. The van der Waals surface area contributed by atoms with Gasteiger partial charge in [0.2, 0.25) is 15.9 Å². The second kappa shape index (κ2) is 11.3. The molecule has 2 saturated heterocycles. The molecule has 1 amide bonds. The molecule has 0 aliphatic carbocycles. The fourth-order valence-electron chi connectivity index (χ4n) is 4.47. The van der Waals surface area contributed by atoms with Gasteiger partial charge < -0.3 is 14.8 Å². The Hall–Kier alpha value is -2.46. The summed E-state index contributed by atoms with van der Waals surface area (Å²) in [7, 11) is -2.30. The third-order valence-electron chi connectivity index (χ3n) is 6.37. The van der Waals surface area contributed by atoms with Crippen molar-refractivity contribution in [2.24, 2.45) is 0 Å². The Labute approximate surface area is 201 Å². The van der Waals surface area contributed by atoms with Gasteiger partial charge in [-0.3, -0.25) is 9.69 Å². The van der Waals surface area contributed by atoms with E-state index in [4.69, 9.17) is 9.47 Å². The molecule has 0 aromatic heterocycles. The smallest absolute Gasteiger partial charge is 0.246 e. The molecular formula is C25H33N3O5S. The van der Waals surface area contributed by atoms with Crippen molar-refractivity contribution in [2.45, 2.75) is 37.2 Å². The van der Waals surface area contributed by atoms with E-state index in [-0.39, 0.29) is 23.0 Å². The number of carbonyl (C=O) groups is 1. The lowest BCUT2D eigenvalue weighted by atomic mass is 10.1. The number of methoxy groups -OCH3 is 1. The molecule has 0 radical (unpaired) electrons. The van der Waals surface area contributed by atoms with Crippen LogP contribution in [-0.4, -0.2) is 70.0 Å². The topological polar surface area (TPSA) is 88.2 Å². The zero-order chi connectivity index (χ0) is 24.0. The van der Waals surface area contributed by atoms with E-state index in [1.165, 1.54) is 29.8 Å². The first-order chi connectivity index (χ1) is 16.5. The van der Waals surface area contributed by atoms with Crippen LogP contribution in [0.4, 0.5) is 0 Å². The van der Waals surface area contributed by atoms with Crippen LogP contribution in [0.1, 0.15) is 29.5 Å². The molecule has 2 aliphatic rings. The maximum absolute atomic E-state index is 13.2. The highest BCUT2D eigenvalue weighted by Gasteiger charge is 2.29. The van der Waals surface area contributed by atoms with Crippen LogP contribution in [0.2, 0.25) is 0 Å². The molecule has 1 N–H and O–H groups in total. The zero-order valence-electron chi connectivity index (χ0n) is 19.7. The van der Waals surface area contributed by atoms with E-state index in [0.29, 0.717) is 38.4 Å². The molecule has 0 unspecified atom stereocenters. The Bertz CT molecular complexity index is 1090. The molecule has 0 spiro atoms. The SMILES string of the molecule is COc1ccc(CC(=O)NCc2ccccc2CN2CCCC2)cc1S(=O)(=O)N1CCOCC1. The van der Waals surface area contributed by atoms with Crippen molar-refractivity contribution < 1.29 is 22.7 Å². The van der Waals surface area contributed by atoms with Gasteiger partial charge in [0.05, 0.1) is 26.7 Å². The summed E-state index contributed by atoms with van der Waals surface area (Å²) in [6.07, 6.45) is 2.57. The highest BCUT2D eigenvalue weighted by atomic mass is 32.2. The summed E-state index contributed by atoms with van der Waals surface area (Å²) in [6.45, 7) is 4.90. The molecule has 184 valence electrons. The number of sulfonamides is 1. The van der Waals surface area contributed by atoms with Gasteiger partial charge >= 0.3 is 0 Å². The van der Waals surface area contributed by atoms with Crippen molar-refractivity contribution in [2.75, 3.05) is 46.5 Å². The fourth-order valence-corrected chi connectivity index (χ4v) is 6.08. The van der Waals surface area contributed by atoms with Crippen LogP contribution in [0.25, 0.3) is 0 Å². The Morgan fingerprint density at radius 3 is 2.44 bits per heavy atom. The first-order valence-corrected chi connectivity index (χ1v) is 13.2. The van der Waals surface area contributed by atoms with E-state index in [0.717, 1.165) is 25.2 Å². The standard InChI is InChI=1S/C25H33N3O5S/c1-32-23-9-8-20(16-24(23)34(30,31)28-12-14-33-15-13-28)17-25(29)26-18-21-6-2-3-7-22(21)19-27-10-4-5-11-27/h2-3,6-9,16H,4-5,10-15,17-19H2,1H3,(H,26,29). The van der Waals surface area contributed by atoms with Crippen LogP contribution < -0.4 is 10.1 Å². The van der Waals surface area contributed by atoms with Crippen LogP contribution in [0.15, 0.2) is 47.4 Å². The lowest BCUT2D eigenvalue weighted by molar-refractivity contribution is -0.120. The molecule has 0 saturated carbocycles. The van der Waals surface area contributed by atoms with Gasteiger partial charge in [0.25, 0.3) is 0 Å². The van der Waals surface area contributed by atoms with Crippen molar-refractivity contribution in [3.05, 3.63) is 59.2 Å². The van der Waals surface area contributed by atoms with Gasteiger partial charge in [0.15, 0.2) is 0 Å². The van der Waals surface area contributed by atoms with Gasteiger partial charge in [-0.1, -0.05) is 30.3 Å². The van der Waals surface area contributed by atoms with Crippen molar-refractivity contribution in [1.82, 2.24) is 14.5 Å². The number of amides is 1. The van der Waals surface area contributed by atoms with Gasteiger partial charge in [-0.05, 0) is 54.8 Å². The van der Waals surface area contributed by atoms with Gasteiger partial charge in [-0.15, -0.1) is 0 Å². The van der Waals surface area contributed by atoms with Crippen LogP contribution in [0.5, 0.6) is 5.75 Å². The molecular weight excluding hydrogens is 454 g/mol. The highest BCUT2D eigenvalue weighted by Crippen LogP contribution is 2.28. The summed E-state index contributed by atoms with van der Waals surface area (Å²) in [4.78, 5) is 15.3. The van der Waals surface area contributed by atoms with Crippen molar-refractivity contribution in [1.29, 1.82) is 0 Å². The molecule has 34 heavy (non-hydrogen) atoms. The van der Waals surface area contributed by atoms with Crippen LogP contribution in [0.3, 0.4) is 0 Å². The number of carbonyl (C=O) groups excluding carboxylic acids is 1. The number of benzene rings is 2. The predicted molar refractivity (Wildman–Crippen MR) is 129 cm³/mol. The van der Waals surface area contributed by atoms with E-state index in [2.05, 4.69) is 16.3 Å². The molecule has 2 aromatic rings. The molecule has 0 atom stereocenters. The van der Waals surface area contributed by atoms with Gasteiger partial charge in [-0.25, -0.2) is 8.42 Å². The minimum Gasteiger partial charge on any atom is -0.495 e. The molecule has 4 rings (SSSR count). The average Bonchev–Trinajstić information content (AvgIpc) is 3.37. The van der Waals surface area contributed by atoms with Crippen molar-refractivity contribution in [3.8, 4) is 5.75 Å². The minimum absolute atomic E-state index is 0.0816. The third kappa shape index (κ3) is 5.96. The maximum atomic E-state index is 13.2. The lowest BCUT2D eigenvalue weighted by Crippen LogP contribution is -2.40. The Balaban J connectivity index is 1.42. The normalized spacial score (nSPS) is 17.6. The Kier molecular flexibility index (Phi) is 8.20. The lowest BCUT2D eigenvalue weighted by Gasteiger charge is -2.26. The number of hydrogen-bond acceptors (Lipinski definition) is 6. The molecule has 2 fully saturated rings. The summed E-state index contributed by atoms with van der Waals surface area (Å²) in [5, 5.41) is 3.00. The first kappa shape index (κ1) is 24.7. The van der Waals surface area contributed by atoms with E-state index in [1.807, 2.05) is 18.2 Å². The zero-order valence-corrected chi connectivity index (χ0v) is 20.5. The molecule has 8 nitrogen and oxygen atoms in total. The number of ether oxygens (including phenoxy) is 2. The van der Waals surface area contributed by atoms with Crippen molar-refractivity contribution in [3.63, 3.8) is 0 Å². The number of hydrogen-bond donors (Lipinski definition) is 1. The highest BCUT2D eigenvalue weighted by molar-refractivity contribution is 7.89. The molecule has 2 heterocycles. The molecule has 2 aliphatic heterocycles. The van der Waals surface area contributed by atoms with E-state index >= 15 is 0 Å². The van der Waals surface area contributed by atoms with Gasteiger partial charge in [0, 0.05) is 26.2 Å². The molecule has 9 heteroatoms.